The number of esters is 1. The summed E-state index contributed by atoms with van der Waals surface area (Å²) in [7, 11) is -5.06. The van der Waals surface area contributed by atoms with Crippen molar-refractivity contribution in [1.82, 2.24) is 0 Å². The van der Waals surface area contributed by atoms with E-state index in [1.165, 1.54) is 122 Å². The average Bonchev–Trinajstić information content (AvgIpc) is 3.19. The Hall–Kier alpha value is -1.16. The standard InChI is InChI=1S/C45H86O12S/c1-3-5-7-9-11-13-15-17-18-19-20-21-22-23-25-27-29-31-33-35-53-37-39(55-41(47)34-32-30-28-26-24-16-14-12-10-8-6-4-2)38-54-45-43(49)44(57-58(50,51)52)42(48)40(36-46)56-45/h12,14,39-40,42-46,48-49H,3-11,13,15-38H2,1-2H3,(H,50,51,52)/b14-12-. The summed E-state index contributed by atoms with van der Waals surface area (Å²) in [6.45, 7) is 3.98. The van der Waals surface area contributed by atoms with Crippen LogP contribution in [-0.2, 0) is 38.3 Å². The molecule has 1 fully saturated rings. The average molecular weight is 851 g/mol. The molecule has 1 aliphatic heterocycles. The van der Waals surface area contributed by atoms with Crippen molar-refractivity contribution in [2.75, 3.05) is 26.4 Å². The van der Waals surface area contributed by atoms with Gasteiger partial charge in [0.2, 0.25) is 0 Å². The third-order valence-electron chi connectivity index (χ3n) is 10.9. The number of hydrogen-bond donors (Lipinski definition) is 4. The number of aliphatic hydroxyl groups is 3. The monoisotopic (exact) mass is 851 g/mol. The summed E-state index contributed by atoms with van der Waals surface area (Å²) in [6, 6.07) is 0. The third kappa shape index (κ3) is 30.8. The topological polar surface area (TPSA) is 178 Å². The highest BCUT2D eigenvalue weighted by molar-refractivity contribution is 7.80. The first kappa shape index (κ1) is 54.9. The molecule has 0 aromatic heterocycles. The van der Waals surface area contributed by atoms with Gasteiger partial charge in [0.25, 0.3) is 0 Å². The normalized spacial score (nSPS) is 20.6. The molecule has 0 aromatic carbocycles. The van der Waals surface area contributed by atoms with Gasteiger partial charge in [-0.1, -0.05) is 174 Å². The number of ether oxygens (including phenoxy) is 4. The first-order valence-corrected chi connectivity index (χ1v) is 24.8. The predicted molar refractivity (Wildman–Crippen MR) is 230 cm³/mol. The maximum Gasteiger partial charge on any atom is 0.397 e. The van der Waals surface area contributed by atoms with Crippen LogP contribution in [0.3, 0.4) is 0 Å². The molecule has 1 heterocycles. The summed E-state index contributed by atoms with van der Waals surface area (Å²) in [6.07, 6.45) is 31.1. The lowest BCUT2D eigenvalue weighted by Gasteiger charge is -2.41. The fourth-order valence-electron chi connectivity index (χ4n) is 7.32. The van der Waals surface area contributed by atoms with E-state index in [4.69, 9.17) is 23.5 Å². The Bertz CT molecular complexity index is 1070. The van der Waals surface area contributed by atoms with Crippen LogP contribution in [0.15, 0.2) is 12.2 Å². The molecule has 1 rings (SSSR count). The number of allylic oxidation sites excluding steroid dienone is 2. The quantitative estimate of drug-likeness (QED) is 0.0198. The maximum atomic E-state index is 12.8. The second kappa shape index (κ2) is 37.6. The van der Waals surface area contributed by atoms with Crippen molar-refractivity contribution in [3.63, 3.8) is 0 Å². The first-order valence-electron chi connectivity index (χ1n) is 23.4. The van der Waals surface area contributed by atoms with Crippen LogP contribution in [0.2, 0.25) is 0 Å². The third-order valence-corrected chi connectivity index (χ3v) is 11.4. The van der Waals surface area contributed by atoms with Gasteiger partial charge in [0.1, 0.15) is 30.5 Å². The molecule has 0 aliphatic carbocycles. The van der Waals surface area contributed by atoms with E-state index >= 15 is 0 Å². The van der Waals surface area contributed by atoms with E-state index < -0.39 is 59.8 Å². The number of carbonyl (C=O) groups excluding carboxylic acids is 1. The Balaban J connectivity index is 2.37. The molecule has 4 N–H and O–H groups in total. The van der Waals surface area contributed by atoms with Gasteiger partial charge in [0, 0.05) is 13.0 Å². The fourth-order valence-corrected chi connectivity index (χ4v) is 7.82. The molecule has 344 valence electrons. The molecular formula is C45H86O12S. The molecule has 0 spiro atoms. The summed E-state index contributed by atoms with van der Waals surface area (Å²) in [5.41, 5.74) is 0. The summed E-state index contributed by atoms with van der Waals surface area (Å²) >= 11 is 0. The van der Waals surface area contributed by atoms with E-state index in [0.717, 1.165) is 57.8 Å². The second-order valence-corrected chi connectivity index (χ2v) is 17.4. The summed E-state index contributed by atoms with van der Waals surface area (Å²) in [5, 5.41) is 30.6. The van der Waals surface area contributed by atoms with Crippen LogP contribution >= 0.6 is 0 Å². The van der Waals surface area contributed by atoms with Crippen molar-refractivity contribution in [2.45, 2.75) is 243 Å². The molecule has 58 heavy (non-hydrogen) atoms. The van der Waals surface area contributed by atoms with Gasteiger partial charge < -0.3 is 34.3 Å². The van der Waals surface area contributed by atoms with Gasteiger partial charge in [0.05, 0.1) is 19.8 Å². The van der Waals surface area contributed by atoms with Crippen LogP contribution in [0.5, 0.6) is 0 Å². The fraction of sp³-hybridized carbons (Fsp3) is 0.933. The van der Waals surface area contributed by atoms with Crippen LogP contribution in [0.4, 0.5) is 0 Å². The van der Waals surface area contributed by atoms with Crippen LogP contribution in [0.25, 0.3) is 0 Å². The summed E-state index contributed by atoms with van der Waals surface area (Å²) in [4.78, 5) is 12.8. The molecule has 1 aliphatic rings. The lowest BCUT2D eigenvalue weighted by atomic mass is 9.99. The Labute approximate surface area is 353 Å². The van der Waals surface area contributed by atoms with E-state index in [1.807, 2.05) is 0 Å². The largest absolute Gasteiger partial charge is 0.457 e. The lowest BCUT2D eigenvalue weighted by Crippen LogP contribution is -2.60. The Morgan fingerprint density at radius 1 is 0.638 bits per heavy atom. The number of hydrogen-bond acceptors (Lipinski definition) is 11. The number of unbranched alkanes of at least 4 members (excludes halogenated alkanes) is 26. The highest BCUT2D eigenvalue weighted by atomic mass is 32.3. The molecule has 0 bridgehead atoms. The first-order chi connectivity index (χ1) is 28.1. The predicted octanol–water partition coefficient (Wildman–Crippen LogP) is 9.86. The van der Waals surface area contributed by atoms with Crippen LogP contribution in [0, 0.1) is 0 Å². The Morgan fingerprint density at radius 3 is 1.59 bits per heavy atom. The van der Waals surface area contributed by atoms with Crippen molar-refractivity contribution in [3.05, 3.63) is 12.2 Å². The van der Waals surface area contributed by atoms with Gasteiger partial charge >= 0.3 is 16.4 Å². The van der Waals surface area contributed by atoms with Gasteiger partial charge in [-0.2, -0.15) is 8.42 Å². The van der Waals surface area contributed by atoms with Crippen molar-refractivity contribution >= 4 is 16.4 Å². The molecule has 13 heteroatoms. The number of carbonyl (C=O) groups is 1. The highest BCUT2D eigenvalue weighted by Crippen LogP contribution is 2.26. The molecule has 0 saturated carbocycles. The lowest BCUT2D eigenvalue weighted by molar-refractivity contribution is -0.301. The van der Waals surface area contributed by atoms with Gasteiger partial charge in [-0.05, 0) is 38.5 Å². The molecular weight excluding hydrogens is 765 g/mol. The second-order valence-electron chi connectivity index (χ2n) is 16.4. The zero-order valence-electron chi connectivity index (χ0n) is 36.6. The molecule has 12 nitrogen and oxygen atoms in total. The van der Waals surface area contributed by atoms with E-state index in [1.54, 1.807) is 0 Å². The van der Waals surface area contributed by atoms with Crippen molar-refractivity contribution < 1.29 is 56.2 Å². The molecule has 1 saturated heterocycles. The number of aliphatic hydroxyl groups excluding tert-OH is 3. The molecule has 0 radical (unpaired) electrons. The van der Waals surface area contributed by atoms with Crippen molar-refractivity contribution in [2.24, 2.45) is 0 Å². The summed E-state index contributed by atoms with van der Waals surface area (Å²) < 4.78 is 59.0. The van der Waals surface area contributed by atoms with Gasteiger partial charge in [0.15, 0.2) is 6.29 Å². The summed E-state index contributed by atoms with van der Waals surface area (Å²) in [5.74, 6) is -0.405. The van der Waals surface area contributed by atoms with E-state index in [0.29, 0.717) is 13.0 Å². The SMILES string of the molecule is CCCCC/C=C\CCCCCCCC(=O)OC(COCCCCCCCCCCCCCCCCCCCCC)COC1OC(CO)C(O)C(OS(=O)(=O)O)C1O. The van der Waals surface area contributed by atoms with Crippen LogP contribution in [0.1, 0.15) is 206 Å². The highest BCUT2D eigenvalue weighted by Gasteiger charge is 2.48. The van der Waals surface area contributed by atoms with Crippen LogP contribution < -0.4 is 0 Å². The van der Waals surface area contributed by atoms with Gasteiger partial charge in [-0.15, -0.1) is 0 Å². The molecule has 0 aromatic rings. The minimum atomic E-state index is -5.06. The van der Waals surface area contributed by atoms with Crippen molar-refractivity contribution in [1.29, 1.82) is 0 Å². The Kier molecular flexibility index (Phi) is 35.6. The van der Waals surface area contributed by atoms with E-state index in [-0.39, 0.29) is 19.6 Å². The molecule has 0 amide bonds. The smallest absolute Gasteiger partial charge is 0.397 e. The minimum absolute atomic E-state index is 0.0383. The van der Waals surface area contributed by atoms with E-state index in [2.05, 4.69) is 30.2 Å². The van der Waals surface area contributed by atoms with Gasteiger partial charge in [-0.25, -0.2) is 4.18 Å². The minimum Gasteiger partial charge on any atom is -0.457 e. The zero-order valence-corrected chi connectivity index (χ0v) is 37.4. The van der Waals surface area contributed by atoms with Gasteiger partial charge in [-0.3, -0.25) is 9.35 Å². The van der Waals surface area contributed by atoms with E-state index in [9.17, 15) is 28.5 Å². The zero-order chi connectivity index (χ0) is 42.5. The number of rotatable bonds is 41. The van der Waals surface area contributed by atoms with Crippen molar-refractivity contribution in [3.8, 4) is 0 Å². The molecule has 6 unspecified atom stereocenters. The Morgan fingerprint density at radius 2 is 1.09 bits per heavy atom. The molecule has 6 atom stereocenters. The maximum absolute atomic E-state index is 12.8. The van der Waals surface area contributed by atoms with Crippen LogP contribution in [-0.4, -0.2) is 97.5 Å².